The highest BCUT2D eigenvalue weighted by molar-refractivity contribution is 7.13. The van der Waals surface area contributed by atoms with Gasteiger partial charge in [-0.15, -0.1) is 16.4 Å². The first-order chi connectivity index (χ1) is 15.0. The van der Waals surface area contributed by atoms with Gasteiger partial charge in [-0.05, 0) is 49.3 Å². The van der Waals surface area contributed by atoms with Gasteiger partial charge in [0.1, 0.15) is 0 Å². The fourth-order valence-corrected chi connectivity index (χ4v) is 4.49. The zero-order chi connectivity index (χ0) is 21.8. The highest BCUT2D eigenvalue weighted by atomic mass is 32.1. The fourth-order valence-electron chi connectivity index (χ4n) is 3.75. The van der Waals surface area contributed by atoms with Gasteiger partial charge in [0, 0.05) is 22.3 Å². The van der Waals surface area contributed by atoms with Crippen molar-refractivity contribution in [3.63, 3.8) is 0 Å². The van der Waals surface area contributed by atoms with Gasteiger partial charge in [-0.2, -0.15) is 9.78 Å². The molecule has 0 spiro atoms. The van der Waals surface area contributed by atoms with Gasteiger partial charge >= 0.3 is 0 Å². The van der Waals surface area contributed by atoms with E-state index in [1.165, 1.54) is 28.8 Å². The van der Waals surface area contributed by atoms with Crippen LogP contribution in [-0.4, -0.2) is 55.4 Å². The van der Waals surface area contributed by atoms with Gasteiger partial charge in [0.05, 0.1) is 11.9 Å². The van der Waals surface area contributed by atoms with E-state index in [1.807, 2.05) is 26.1 Å². The molecule has 1 fully saturated rings. The van der Waals surface area contributed by atoms with Crippen LogP contribution in [0.25, 0.3) is 5.82 Å². The number of aryl methyl sites for hydroxylation is 1. The van der Waals surface area contributed by atoms with Crippen LogP contribution in [0.4, 0.5) is 5.82 Å². The van der Waals surface area contributed by atoms with Gasteiger partial charge in [-0.1, -0.05) is 24.5 Å². The first kappa shape index (κ1) is 21.1. The maximum atomic E-state index is 12.8. The molecule has 0 radical (unpaired) electrons. The average Bonchev–Trinajstić information content (AvgIpc) is 3.48. The van der Waals surface area contributed by atoms with E-state index in [4.69, 9.17) is 10.4 Å². The maximum absolute atomic E-state index is 12.8. The van der Waals surface area contributed by atoms with Gasteiger partial charge in [0.25, 0.3) is 5.91 Å². The molecule has 12 heteroatoms. The molecule has 4 rings (SSSR count). The number of nitrogens with zero attached hydrogens (tertiary/aromatic N) is 7. The summed E-state index contributed by atoms with van der Waals surface area (Å²) in [6, 6.07) is 4.37. The number of aromatic nitrogens is 5. The third-order valence-electron chi connectivity index (χ3n) is 5.39. The quantitative estimate of drug-likeness (QED) is 0.418. The second kappa shape index (κ2) is 9.35. The van der Waals surface area contributed by atoms with Gasteiger partial charge in [-0.3, -0.25) is 9.69 Å². The molecule has 3 aromatic rings. The molecular formula is C19H25N9O2S. The van der Waals surface area contributed by atoms with Crippen LogP contribution in [0.2, 0.25) is 0 Å². The van der Waals surface area contributed by atoms with Crippen molar-refractivity contribution in [2.24, 2.45) is 5.10 Å². The molecule has 0 saturated heterocycles. The molecule has 1 aliphatic rings. The molecule has 0 bridgehead atoms. The Morgan fingerprint density at radius 2 is 2.19 bits per heavy atom. The molecule has 0 aromatic carbocycles. The number of nitrogens with one attached hydrogen (secondary N) is 1. The van der Waals surface area contributed by atoms with E-state index in [1.54, 1.807) is 17.6 Å². The lowest BCUT2D eigenvalue weighted by atomic mass is 9.94. The molecule has 11 nitrogen and oxygen atoms in total. The average molecular weight is 444 g/mol. The molecule has 0 atom stereocenters. The van der Waals surface area contributed by atoms with Gasteiger partial charge < -0.3 is 5.73 Å². The van der Waals surface area contributed by atoms with Crippen LogP contribution < -0.4 is 11.2 Å². The number of carbonyl (C=O) groups is 1. The minimum atomic E-state index is -0.460. The van der Waals surface area contributed by atoms with Gasteiger partial charge in [-0.25, -0.2) is 10.1 Å². The summed E-state index contributed by atoms with van der Waals surface area (Å²) in [6.45, 7) is 2.46. The van der Waals surface area contributed by atoms with E-state index in [0.29, 0.717) is 18.3 Å². The maximum Gasteiger partial charge on any atom is 0.293 e. The van der Waals surface area contributed by atoms with Crippen molar-refractivity contribution in [2.45, 2.75) is 51.6 Å². The van der Waals surface area contributed by atoms with Crippen LogP contribution in [0.3, 0.4) is 0 Å². The molecule has 1 saturated carbocycles. The summed E-state index contributed by atoms with van der Waals surface area (Å²) in [6.07, 6.45) is 7.52. The molecule has 3 N–H and O–H groups in total. The number of thiophene rings is 1. The van der Waals surface area contributed by atoms with E-state index in [0.717, 1.165) is 17.7 Å². The first-order valence-corrected chi connectivity index (χ1v) is 11.0. The number of carbonyl (C=O) groups excluding carboxylic acids is 1. The Hall–Kier alpha value is -3.12. The van der Waals surface area contributed by atoms with E-state index < -0.39 is 5.91 Å². The molecule has 0 unspecified atom stereocenters. The standard InChI is InChI=1S/C19H25N9O2S/c1-12-8-9-14(31-12)10-21-23-19(29)16-15(11-27(2)13-6-4-3-5-7-13)28(26-22-16)18-17(20)24-30-25-18/h8-10,13H,3-7,11H2,1-2H3,(H2,20,24)(H,23,29)/b21-10-. The Labute approximate surface area is 183 Å². The van der Waals surface area contributed by atoms with Crippen molar-refractivity contribution >= 4 is 29.3 Å². The molecule has 3 heterocycles. The fraction of sp³-hybridized carbons (Fsp3) is 0.474. The van der Waals surface area contributed by atoms with Crippen LogP contribution in [0.1, 0.15) is 58.0 Å². The minimum Gasteiger partial charge on any atom is -0.378 e. The van der Waals surface area contributed by atoms with Crippen LogP contribution in [0, 0.1) is 6.92 Å². The van der Waals surface area contributed by atoms with Crippen molar-refractivity contribution in [2.75, 3.05) is 12.8 Å². The Bertz CT molecular complexity index is 1060. The molecule has 0 aliphatic heterocycles. The zero-order valence-electron chi connectivity index (χ0n) is 17.5. The summed E-state index contributed by atoms with van der Waals surface area (Å²) in [5.41, 5.74) is 9.10. The number of anilines is 1. The van der Waals surface area contributed by atoms with Crippen molar-refractivity contribution in [3.05, 3.63) is 33.3 Å². The number of nitrogen functional groups attached to an aromatic ring is 1. The number of hydrogen-bond acceptors (Lipinski definition) is 10. The number of rotatable bonds is 7. The second-order valence-electron chi connectivity index (χ2n) is 7.62. The summed E-state index contributed by atoms with van der Waals surface area (Å²) in [7, 11) is 2.04. The minimum absolute atomic E-state index is 0.0736. The van der Waals surface area contributed by atoms with E-state index in [2.05, 4.69) is 36.1 Å². The highest BCUT2D eigenvalue weighted by Gasteiger charge is 2.27. The summed E-state index contributed by atoms with van der Waals surface area (Å²) >= 11 is 1.59. The topological polar surface area (TPSA) is 140 Å². The first-order valence-electron chi connectivity index (χ1n) is 10.2. The van der Waals surface area contributed by atoms with Crippen LogP contribution in [-0.2, 0) is 6.54 Å². The molecule has 164 valence electrons. The van der Waals surface area contributed by atoms with Gasteiger partial charge in [0.2, 0.25) is 11.6 Å². The van der Waals surface area contributed by atoms with Crippen molar-refractivity contribution in [1.82, 2.24) is 35.6 Å². The third kappa shape index (κ3) is 4.80. The lowest BCUT2D eigenvalue weighted by molar-refractivity contribution is 0.0947. The van der Waals surface area contributed by atoms with Crippen molar-refractivity contribution in [3.8, 4) is 5.82 Å². The van der Waals surface area contributed by atoms with Crippen LogP contribution >= 0.6 is 11.3 Å². The van der Waals surface area contributed by atoms with Crippen molar-refractivity contribution < 1.29 is 9.42 Å². The second-order valence-corrected chi connectivity index (χ2v) is 8.94. The predicted molar refractivity (Wildman–Crippen MR) is 116 cm³/mol. The molecule has 1 aliphatic carbocycles. The Morgan fingerprint density at radius 3 is 2.87 bits per heavy atom. The molecular weight excluding hydrogens is 418 g/mol. The lowest BCUT2D eigenvalue weighted by Crippen LogP contribution is -2.34. The molecule has 31 heavy (non-hydrogen) atoms. The number of nitrogens with two attached hydrogens (primary N) is 1. The Kier molecular flexibility index (Phi) is 6.37. The SMILES string of the molecule is Cc1ccc(/C=N\NC(=O)c2nnn(-c3nonc3N)c2CN(C)C2CCCCC2)s1. The normalized spacial score (nSPS) is 15.2. The summed E-state index contributed by atoms with van der Waals surface area (Å²) in [4.78, 5) is 17.2. The number of amides is 1. The van der Waals surface area contributed by atoms with E-state index in [9.17, 15) is 4.79 Å². The predicted octanol–water partition coefficient (Wildman–Crippen LogP) is 2.13. The molecule has 1 amide bonds. The molecule has 3 aromatic heterocycles. The van der Waals surface area contributed by atoms with Crippen molar-refractivity contribution in [1.29, 1.82) is 0 Å². The summed E-state index contributed by atoms with van der Waals surface area (Å²) in [5.74, 6) is -0.182. The van der Waals surface area contributed by atoms with Crippen LogP contribution in [0.15, 0.2) is 21.9 Å². The number of hydrogen-bond donors (Lipinski definition) is 2. The van der Waals surface area contributed by atoms with Crippen LogP contribution in [0.5, 0.6) is 0 Å². The smallest absolute Gasteiger partial charge is 0.293 e. The third-order valence-corrected chi connectivity index (χ3v) is 6.33. The Morgan fingerprint density at radius 1 is 1.39 bits per heavy atom. The van der Waals surface area contributed by atoms with E-state index >= 15 is 0 Å². The zero-order valence-corrected chi connectivity index (χ0v) is 18.3. The highest BCUT2D eigenvalue weighted by Crippen LogP contribution is 2.24. The lowest BCUT2D eigenvalue weighted by Gasteiger charge is -2.31. The largest absolute Gasteiger partial charge is 0.378 e. The van der Waals surface area contributed by atoms with E-state index in [-0.39, 0.29) is 17.3 Å². The number of hydrazone groups is 1. The van der Waals surface area contributed by atoms with Gasteiger partial charge in [0.15, 0.2) is 5.69 Å². The summed E-state index contributed by atoms with van der Waals surface area (Å²) in [5, 5.41) is 19.7. The monoisotopic (exact) mass is 443 g/mol. The summed E-state index contributed by atoms with van der Waals surface area (Å²) < 4.78 is 6.12. The Balaban J connectivity index is 1.57.